The predicted molar refractivity (Wildman–Crippen MR) is 88.3 cm³/mol. The summed E-state index contributed by atoms with van der Waals surface area (Å²) in [6, 6.07) is 0. The van der Waals surface area contributed by atoms with Gasteiger partial charge < -0.3 is 20.4 Å². The Morgan fingerprint density at radius 3 is 0.952 bits per heavy atom. The molecule has 0 aromatic heterocycles. The largest absolute Gasteiger partial charge is 0.396 e. The topological polar surface area (TPSA) is 80.9 Å². The van der Waals surface area contributed by atoms with Crippen LogP contribution in [0.4, 0.5) is 0 Å². The molecule has 0 aromatic rings. The first-order valence-corrected chi connectivity index (χ1v) is 8.29. The Bertz CT molecular complexity index is 182. The van der Waals surface area contributed by atoms with Crippen molar-refractivity contribution in [3.8, 4) is 0 Å². The second-order valence-corrected chi connectivity index (χ2v) is 7.05. The molecular formula is C17H38O4. The molecule has 0 radical (unpaired) electrons. The van der Waals surface area contributed by atoms with Crippen LogP contribution in [0.3, 0.4) is 0 Å². The molecule has 0 bridgehead atoms. The molecule has 0 rings (SSSR count). The highest BCUT2D eigenvalue weighted by Gasteiger charge is 2.19. The third kappa shape index (κ3) is 28.7. The minimum atomic E-state index is -0.653. The van der Waals surface area contributed by atoms with Crippen molar-refractivity contribution in [3.63, 3.8) is 0 Å². The average molecular weight is 306 g/mol. The molecular weight excluding hydrogens is 268 g/mol. The maximum absolute atomic E-state index is 9.27. The molecule has 0 saturated carbocycles. The summed E-state index contributed by atoms with van der Waals surface area (Å²) in [5.74, 6) is 0. The fraction of sp³-hybridized carbons (Fsp3) is 1.00. The highest BCUT2D eigenvalue weighted by atomic mass is 16.3. The molecule has 0 atom stereocenters. The summed E-state index contributed by atoms with van der Waals surface area (Å²) in [4.78, 5) is 0. The van der Waals surface area contributed by atoms with Crippen molar-refractivity contribution in [2.75, 3.05) is 13.2 Å². The smallest absolute Gasteiger partial charge is 0.0592 e. The summed E-state index contributed by atoms with van der Waals surface area (Å²) in [6.45, 7) is 7.66. The molecule has 0 spiro atoms. The molecule has 4 nitrogen and oxygen atoms in total. The molecule has 0 fully saturated rings. The fourth-order valence-electron chi connectivity index (χ4n) is 1.72. The number of hydrogen-bond donors (Lipinski definition) is 4. The Labute approximate surface area is 131 Å². The van der Waals surface area contributed by atoms with E-state index < -0.39 is 11.2 Å². The molecule has 0 unspecified atom stereocenters. The predicted octanol–water partition coefficient (Wildman–Crippen LogP) is 3.01. The Kier molecular flexibility index (Phi) is 14.9. The maximum Gasteiger partial charge on any atom is 0.0592 e. The number of aliphatic hydroxyl groups excluding tert-OH is 2. The number of aliphatic hydroxyl groups is 4. The number of rotatable bonds is 11. The molecule has 0 heterocycles. The lowest BCUT2D eigenvalue weighted by molar-refractivity contribution is 0.0169. The summed E-state index contributed by atoms with van der Waals surface area (Å²) >= 11 is 0. The second kappa shape index (κ2) is 13.5. The van der Waals surface area contributed by atoms with Gasteiger partial charge in [0.25, 0.3) is 0 Å². The van der Waals surface area contributed by atoms with Gasteiger partial charge in [-0.3, -0.25) is 0 Å². The van der Waals surface area contributed by atoms with E-state index in [-0.39, 0.29) is 0 Å². The Morgan fingerprint density at radius 1 is 0.524 bits per heavy atom. The van der Waals surface area contributed by atoms with Crippen LogP contribution in [0.25, 0.3) is 0 Å². The zero-order valence-corrected chi connectivity index (χ0v) is 14.6. The van der Waals surface area contributed by atoms with Gasteiger partial charge in [-0.2, -0.15) is 0 Å². The quantitative estimate of drug-likeness (QED) is 0.442. The minimum absolute atomic E-state index is 0.330. The Hall–Kier alpha value is -0.160. The van der Waals surface area contributed by atoms with Gasteiger partial charge in [-0.25, -0.2) is 0 Å². The first-order chi connectivity index (χ1) is 9.62. The van der Waals surface area contributed by atoms with Crippen LogP contribution in [0.2, 0.25) is 0 Å². The SMILES string of the molecule is CC(C)(O)CCC(C)(C)O.OCCCCCCCCCO. The van der Waals surface area contributed by atoms with Crippen LogP contribution in [0.1, 0.15) is 85.5 Å². The molecule has 4 heteroatoms. The molecule has 0 aromatic carbocycles. The first kappa shape index (κ1) is 23.1. The van der Waals surface area contributed by atoms with Crippen LogP contribution in [-0.2, 0) is 0 Å². The van der Waals surface area contributed by atoms with Crippen molar-refractivity contribution < 1.29 is 20.4 Å². The van der Waals surface area contributed by atoms with Crippen LogP contribution in [0.15, 0.2) is 0 Å². The zero-order valence-electron chi connectivity index (χ0n) is 14.6. The van der Waals surface area contributed by atoms with Crippen molar-refractivity contribution in [1.82, 2.24) is 0 Å². The Morgan fingerprint density at radius 2 is 0.762 bits per heavy atom. The maximum atomic E-state index is 9.27. The van der Waals surface area contributed by atoms with Crippen molar-refractivity contribution in [2.45, 2.75) is 96.7 Å². The van der Waals surface area contributed by atoms with Crippen molar-refractivity contribution in [2.24, 2.45) is 0 Å². The van der Waals surface area contributed by atoms with Gasteiger partial charge in [-0.05, 0) is 53.4 Å². The van der Waals surface area contributed by atoms with Gasteiger partial charge in [-0.15, -0.1) is 0 Å². The lowest BCUT2D eigenvalue weighted by atomic mass is 9.94. The van der Waals surface area contributed by atoms with Gasteiger partial charge in [0.05, 0.1) is 11.2 Å². The molecule has 21 heavy (non-hydrogen) atoms. The third-order valence-electron chi connectivity index (χ3n) is 3.16. The van der Waals surface area contributed by atoms with E-state index in [1.807, 2.05) is 0 Å². The Balaban J connectivity index is 0. The van der Waals surface area contributed by atoms with Gasteiger partial charge >= 0.3 is 0 Å². The molecule has 130 valence electrons. The highest BCUT2D eigenvalue weighted by molar-refractivity contribution is 4.72. The first-order valence-electron chi connectivity index (χ1n) is 8.29. The molecule has 0 aliphatic rings. The molecule has 0 saturated heterocycles. The van der Waals surface area contributed by atoms with Crippen LogP contribution in [0, 0.1) is 0 Å². The highest BCUT2D eigenvalue weighted by Crippen LogP contribution is 2.17. The normalized spacial score (nSPS) is 12.0. The summed E-state index contributed by atoms with van der Waals surface area (Å²) in [5.41, 5.74) is -1.31. The van der Waals surface area contributed by atoms with E-state index in [4.69, 9.17) is 10.2 Å². The van der Waals surface area contributed by atoms with E-state index in [0.717, 1.165) is 25.7 Å². The van der Waals surface area contributed by atoms with Crippen LogP contribution in [0.5, 0.6) is 0 Å². The lowest BCUT2D eigenvalue weighted by Gasteiger charge is -2.23. The summed E-state index contributed by atoms with van der Waals surface area (Å²) in [6.07, 6.45) is 9.16. The molecule has 0 aliphatic carbocycles. The van der Waals surface area contributed by atoms with E-state index >= 15 is 0 Å². The van der Waals surface area contributed by atoms with Gasteiger partial charge in [0.15, 0.2) is 0 Å². The minimum Gasteiger partial charge on any atom is -0.396 e. The summed E-state index contributed by atoms with van der Waals surface area (Å²) in [7, 11) is 0. The molecule has 0 amide bonds. The van der Waals surface area contributed by atoms with E-state index in [1.165, 1.54) is 19.3 Å². The van der Waals surface area contributed by atoms with Crippen molar-refractivity contribution in [3.05, 3.63) is 0 Å². The fourth-order valence-corrected chi connectivity index (χ4v) is 1.72. The van der Waals surface area contributed by atoms with Crippen LogP contribution < -0.4 is 0 Å². The van der Waals surface area contributed by atoms with Crippen LogP contribution >= 0.6 is 0 Å². The van der Waals surface area contributed by atoms with Gasteiger partial charge in [-0.1, -0.05) is 32.1 Å². The van der Waals surface area contributed by atoms with Gasteiger partial charge in [0.1, 0.15) is 0 Å². The average Bonchev–Trinajstić information content (AvgIpc) is 2.35. The second-order valence-electron chi connectivity index (χ2n) is 7.05. The van der Waals surface area contributed by atoms with Crippen LogP contribution in [-0.4, -0.2) is 44.8 Å². The standard InChI is InChI=1S/C9H20O2.C8H18O2/c10-8-6-4-2-1-3-5-7-9-11;1-7(2,9)5-6-8(3,4)10/h10-11H,1-9H2;9-10H,5-6H2,1-4H3. The van der Waals surface area contributed by atoms with Gasteiger partial charge in [0, 0.05) is 13.2 Å². The monoisotopic (exact) mass is 306 g/mol. The summed E-state index contributed by atoms with van der Waals surface area (Å²) < 4.78 is 0. The zero-order chi connectivity index (χ0) is 16.8. The van der Waals surface area contributed by atoms with Gasteiger partial charge in [0.2, 0.25) is 0 Å². The van der Waals surface area contributed by atoms with E-state index in [1.54, 1.807) is 27.7 Å². The lowest BCUT2D eigenvalue weighted by Crippen LogP contribution is -2.26. The number of hydrogen-bond acceptors (Lipinski definition) is 4. The van der Waals surface area contributed by atoms with E-state index in [9.17, 15) is 10.2 Å². The molecule has 4 N–H and O–H groups in total. The number of unbranched alkanes of at least 4 members (excludes halogenated alkanes) is 6. The van der Waals surface area contributed by atoms with Crippen molar-refractivity contribution in [1.29, 1.82) is 0 Å². The third-order valence-corrected chi connectivity index (χ3v) is 3.16. The molecule has 0 aliphatic heterocycles. The van der Waals surface area contributed by atoms with E-state index in [0.29, 0.717) is 26.1 Å². The van der Waals surface area contributed by atoms with Crippen molar-refractivity contribution >= 4 is 0 Å². The summed E-state index contributed by atoms with van der Waals surface area (Å²) in [5, 5.41) is 35.5. The van der Waals surface area contributed by atoms with E-state index in [2.05, 4.69) is 0 Å².